The van der Waals surface area contributed by atoms with Crippen molar-refractivity contribution in [2.75, 3.05) is 26.2 Å². The summed E-state index contributed by atoms with van der Waals surface area (Å²) in [4.78, 5) is 16.9. The number of aryl methyl sites for hydroxylation is 1. The molecule has 1 unspecified atom stereocenters. The Morgan fingerprint density at radius 3 is 2.75 bits per heavy atom. The SMILES string of the molecule is Cc1cccc(OC2CN(C3CCC(=O)N(CC4CC4)CC3)C2)c1. The van der Waals surface area contributed by atoms with Crippen LogP contribution in [0.1, 0.15) is 37.7 Å². The average molecular weight is 328 g/mol. The summed E-state index contributed by atoms with van der Waals surface area (Å²) in [5.41, 5.74) is 1.24. The molecule has 2 heterocycles. The molecule has 0 aromatic heterocycles. The van der Waals surface area contributed by atoms with Crippen LogP contribution in [-0.4, -0.2) is 54.0 Å². The molecule has 0 bridgehead atoms. The van der Waals surface area contributed by atoms with Crippen molar-refractivity contribution in [3.63, 3.8) is 0 Å². The Morgan fingerprint density at radius 1 is 1.17 bits per heavy atom. The lowest BCUT2D eigenvalue weighted by Gasteiger charge is -2.43. The van der Waals surface area contributed by atoms with Crippen LogP contribution in [0.15, 0.2) is 24.3 Å². The number of carbonyl (C=O) groups is 1. The van der Waals surface area contributed by atoms with Crippen LogP contribution in [0.2, 0.25) is 0 Å². The highest BCUT2D eigenvalue weighted by Gasteiger charge is 2.36. The highest BCUT2D eigenvalue weighted by Crippen LogP contribution is 2.31. The molecule has 4 nitrogen and oxygen atoms in total. The minimum absolute atomic E-state index is 0.299. The molecule has 3 aliphatic rings. The van der Waals surface area contributed by atoms with E-state index in [4.69, 9.17) is 4.74 Å². The zero-order valence-corrected chi connectivity index (χ0v) is 14.6. The van der Waals surface area contributed by atoms with E-state index in [1.54, 1.807) is 0 Å². The molecule has 3 fully saturated rings. The predicted octanol–water partition coefficient (Wildman–Crippen LogP) is 2.85. The molecule has 4 rings (SSSR count). The van der Waals surface area contributed by atoms with Crippen LogP contribution in [0.25, 0.3) is 0 Å². The fourth-order valence-electron chi connectivity index (χ4n) is 3.92. The van der Waals surface area contributed by atoms with Gasteiger partial charge in [-0.3, -0.25) is 9.69 Å². The van der Waals surface area contributed by atoms with Crippen molar-refractivity contribution < 1.29 is 9.53 Å². The fourth-order valence-corrected chi connectivity index (χ4v) is 3.92. The van der Waals surface area contributed by atoms with Crippen molar-refractivity contribution in [3.8, 4) is 5.75 Å². The summed E-state index contributed by atoms with van der Waals surface area (Å²) in [5.74, 6) is 2.14. The summed E-state index contributed by atoms with van der Waals surface area (Å²) in [6.07, 6.45) is 5.78. The van der Waals surface area contributed by atoms with Crippen molar-refractivity contribution in [2.45, 2.75) is 51.2 Å². The van der Waals surface area contributed by atoms with E-state index < -0.39 is 0 Å². The van der Waals surface area contributed by atoms with E-state index in [-0.39, 0.29) is 0 Å². The Kier molecular flexibility index (Phi) is 4.49. The standard InChI is InChI=1S/C20H28N2O2/c1-15-3-2-4-18(11-15)24-19-13-22(14-19)17-7-8-20(23)21(10-9-17)12-16-5-6-16/h2-4,11,16-17,19H,5-10,12-14H2,1H3. The lowest BCUT2D eigenvalue weighted by molar-refractivity contribution is -0.130. The summed E-state index contributed by atoms with van der Waals surface area (Å²) < 4.78 is 6.07. The van der Waals surface area contributed by atoms with E-state index in [0.29, 0.717) is 18.1 Å². The van der Waals surface area contributed by atoms with Gasteiger partial charge in [-0.25, -0.2) is 0 Å². The van der Waals surface area contributed by atoms with Crippen molar-refractivity contribution in [1.82, 2.24) is 9.80 Å². The number of amides is 1. The normalized spacial score (nSPS) is 26.1. The zero-order chi connectivity index (χ0) is 16.5. The third-order valence-electron chi connectivity index (χ3n) is 5.64. The number of rotatable bonds is 5. The first-order valence-electron chi connectivity index (χ1n) is 9.42. The molecule has 1 atom stereocenters. The molecule has 130 valence electrons. The van der Waals surface area contributed by atoms with Crippen molar-refractivity contribution in [3.05, 3.63) is 29.8 Å². The summed E-state index contributed by atoms with van der Waals surface area (Å²) in [7, 11) is 0. The van der Waals surface area contributed by atoms with E-state index in [1.165, 1.54) is 18.4 Å². The molecule has 2 saturated heterocycles. The largest absolute Gasteiger partial charge is 0.488 e. The van der Waals surface area contributed by atoms with Crippen LogP contribution < -0.4 is 4.74 Å². The molecule has 1 aromatic rings. The molecule has 0 radical (unpaired) electrons. The van der Waals surface area contributed by atoms with Gasteiger partial charge in [0, 0.05) is 38.6 Å². The van der Waals surface area contributed by atoms with Crippen LogP contribution in [0.3, 0.4) is 0 Å². The lowest BCUT2D eigenvalue weighted by Crippen LogP contribution is -2.57. The second kappa shape index (κ2) is 6.75. The highest BCUT2D eigenvalue weighted by atomic mass is 16.5. The maximum Gasteiger partial charge on any atom is 0.222 e. The first-order chi connectivity index (χ1) is 11.7. The average Bonchev–Trinajstić information content (AvgIpc) is 3.34. The molecular formula is C20H28N2O2. The molecule has 1 aliphatic carbocycles. The minimum Gasteiger partial charge on any atom is -0.488 e. The molecule has 1 aromatic carbocycles. The number of hydrogen-bond acceptors (Lipinski definition) is 3. The van der Waals surface area contributed by atoms with Crippen molar-refractivity contribution in [1.29, 1.82) is 0 Å². The van der Waals surface area contributed by atoms with Crippen LogP contribution in [0, 0.1) is 12.8 Å². The third-order valence-corrected chi connectivity index (χ3v) is 5.64. The summed E-state index contributed by atoms with van der Waals surface area (Å²) in [6, 6.07) is 8.83. The Bertz CT molecular complexity index is 593. The number of nitrogens with zero attached hydrogens (tertiary/aromatic N) is 2. The second-order valence-corrected chi connectivity index (χ2v) is 7.77. The van der Waals surface area contributed by atoms with E-state index in [1.807, 2.05) is 12.1 Å². The van der Waals surface area contributed by atoms with Gasteiger partial charge in [0.05, 0.1) is 0 Å². The van der Waals surface area contributed by atoms with Gasteiger partial charge in [0.2, 0.25) is 5.91 Å². The molecule has 4 heteroatoms. The Morgan fingerprint density at radius 2 is 2.00 bits per heavy atom. The van der Waals surface area contributed by atoms with Gasteiger partial charge in [-0.1, -0.05) is 12.1 Å². The predicted molar refractivity (Wildman–Crippen MR) is 94.1 cm³/mol. The molecular weight excluding hydrogens is 300 g/mol. The second-order valence-electron chi connectivity index (χ2n) is 7.77. The van der Waals surface area contributed by atoms with Gasteiger partial charge in [0.15, 0.2) is 0 Å². The third kappa shape index (κ3) is 3.75. The number of benzene rings is 1. The van der Waals surface area contributed by atoms with Gasteiger partial charge in [-0.2, -0.15) is 0 Å². The van der Waals surface area contributed by atoms with Gasteiger partial charge in [-0.05, 0) is 56.2 Å². The molecule has 0 spiro atoms. The Balaban J connectivity index is 1.25. The molecule has 2 aliphatic heterocycles. The molecule has 1 amide bonds. The van der Waals surface area contributed by atoms with Crippen LogP contribution in [0.4, 0.5) is 0 Å². The van der Waals surface area contributed by atoms with Crippen molar-refractivity contribution >= 4 is 5.91 Å². The minimum atomic E-state index is 0.299. The summed E-state index contributed by atoms with van der Waals surface area (Å²) in [5, 5.41) is 0. The number of carbonyl (C=O) groups excluding carboxylic acids is 1. The van der Waals surface area contributed by atoms with Crippen LogP contribution in [0.5, 0.6) is 5.75 Å². The molecule has 24 heavy (non-hydrogen) atoms. The Hall–Kier alpha value is -1.55. The number of ether oxygens (including phenoxy) is 1. The number of hydrogen-bond donors (Lipinski definition) is 0. The maximum atomic E-state index is 12.3. The highest BCUT2D eigenvalue weighted by molar-refractivity contribution is 5.76. The van der Waals surface area contributed by atoms with Gasteiger partial charge in [0.25, 0.3) is 0 Å². The first kappa shape index (κ1) is 15.9. The smallest absolute Gasteiger partial charge is 0.222 e. The topological polar surface area (TPSA) is 32.8 Å². The van der Waals surface area contributed by atoms with Crippen molar-refractivity contribution in [2.24, 2.45) is 5.92 Å². The van der Waals surface area contributed by atoms with Gasteiger partial charge < -0.3 is 9.64 Å². The summed E-state index contributed by atoms with van der Waals surface area (Å²) >= 11 is 0. The molecule has 0 N–H and O–H groups in total. The maximum absolute atomic E-state index is 12.3. The van der Waals surface area contributed by atoms with Crippen LogP contribution in [-0.2, 0) is 4.79 Å². The quantitative estimate of drug-likeness (QED) is 0.833. The van der Waals surface area contributed by atoms with Gasteiger partial charge >= 0.3 is 0 Å². The zero-order valence-electron chi connectivity index (χ0n) is 14.6. The fraction of sp³-hybridized carbons (Fsp3) is 0.650. The number of likely N-dealkylation sites (tertiary alicyclic amines) is 2. The van der Waals surface area contributed by atoms with E-state index in [9.17, 15) is 4.79 Å². The first-order valence-corrected chi connectivity index (χ1v) is 9.42. The summed E-state index contributed by atoms with van der Waals surface area (Å²) in [6.45, 7) is 6.03. The monoisotopic (exact) mass is 328 g/mol. The van der Waals surface area contributed by atoms with Gasteiger partial charge in [-0.15, -0.1) is 0 Å². The lowest BCUT2D eigenvalue weighted by atomic mass is 10.0. The van der Waals surface area contributed by atoms with Gasteiger partial charge in [0.1, 0.15) is 11.9 Å². The van der Waals surface area contributed by atoms with E-state index >= 15 is 0 Å². The Labute approximate surface area is 144 Å². The molecule has 1 saturated carbocycles. The van der Waals surface area contributed by atoms with E-state index in [2.05, 4.69) is 28.9 Å². The van der Waals surface area contributed by atoms with Crippen LogP contribution >= 0.6 is 0 Å². The van der Waals surface area contributed by atoms with E-state index in [0.717, 1.165) is 57.1 Å².